The fraction of sp³-hybridized carbons (Fsp3) is 0.545. The first-order valence-electron chi connectivity index (χ1n) is 4.96. The molecule has 1 aromatic heterocycles. The second-order valence-corrected chi connectivity index (χ2v) is 3.28. The van der Waals surface area contributed by atoms with Gasteiger partial charge in [0.1, 0.15) is 17.1 Å². The van der Waals surface area contributed by atoms with E-state index >= 15 is 0 Å². The van der Waals surface area contributed by atoms with Crippen LogP contribution in [-0.4, -0.2) is 33.1 Å². The van der Waals surface area contributed by atoms with E-state index in [9.17, 15) is 4.79 Å². The minimum atomic E-state index is -0.438. The smallest absolute Gasteiger partial charge is 0.343 e. The van der Waals surface area contributed by atoms with Crippen LogP contribution in [0.15, 0.2) is 10.5 Å². The molecule has 5 heteroatoms. The third kappa shape index (κ3) is 3.67. The third-order valence-electron chi connectivity index (χ3n) is 1.97. The third-order valence-corrected chi connectivity index (χ3v) is 1.97. The van der Waals surface area contributed by atoms with E-state index in [1.807, 2.05) is 0 Å². The molecule has 0 bridgehead atoms. The molecule has 0 amide bonds. The quantitative estimate of drug-likeness (QED) is 0.421. The van der Waals surface area contributed by atoms with E-state index < -0.39 is 5.97 Å². The first-order valence-corrected chi connectivity index (χ1v) is 4.96. The van der Waals surface area contributed by atoms with E-state index in [0.29, 0.717) is 30.3 Å². The highest BCUT2D eigenvalue weighted by Gasteiger charge is 2.14. The first kappa shape index (κ1) is 12.7. The standard InChI is InChI=1S/C11H16O5/c1-8-6-10(9(2)16-8)11(12)15-7-14-5-4-13-3/h6H,4-5,7H2,1-3H3. The zero-order chi connectivity index (χ0) is 12.0. The second kappa shape index (κ2) is 6.30. The van der Waals surface area contributed by atoms with Gasteiger partial charge in [0.25, 0.3) is 0 Å². The predicted octanol–water partition coefficient (Wildman–Crippen LogP) is 1.67. The lowest BCUT2D eigenvalue weighted by Gasteiger charge is -2.04. The van der Waals surface area contributed by atoms with Gasteiger partial charge in [-0.25, -0.2) is 4.79 Å². The molecule has 90 valence electrons. The monoisotopic (exact) mass is 228 g/mol. The Morgan fingerprint density at radius 3 is 2.69 bits per heavy atom. The Hall–Kier alpha value is -1.33. The van der Waals surface area contributed by atoms with Gasteiger partial charge in [0, 0.05) is 7.11 Å². The summed E-state index contributed by atoms with van der Waals surface area (Å²) in [5, 5.41) is 0. The van der Waals surface area contributed by atoms with Crippen molar-refractivity contribution in [1.82, 2.24) is 0 Å². The fourth-order valence-corrected chi connectivity index (χ4v) is 1.21. The van der Waals surface area contributed by atoms with Crippen LogP contribution in [0.5, 0.6) is 0 Å². The second-order valence-electron chi connectivity index (χ2n) is 3.28. The van der Waals surface area contributed by atoms with Crippen molar-refractivity contribution in [2.24, 2.45) is 0 Å². The molecule has 0 saturated carbocycles. The summed E-state index contributed by atoms with van der Waals surface area (Å²) in [6, 6.07) is 1.65. The minimum absolute atomic E-state index is 0.0775. The molecular weight excluding hydrogens is 212 g/mol. The summed E-state index contributed by atoms with van der Waals surface area (Å²) in [5.74, 6) is 0.802. The summed E-state index contributed by atoms with van der Waals surface area (Å²) in [6.07, 6.45) is 0. The van der Waals surface area contributed by atoms with Gasteiger partial charge in [0.15, 0.2) is 6.79 Å². The molecular formula is C11H16O5. The molecule has 0 unspecified atom stereocenters. The van der Waals surface area contributed by atoms with Crippen LogP contribution in [0.25, 0.3) is 0 Å². The number of esters is 1. The number of hydrogen-bond acceptors (Lipinski definition) is 5. The average molecular weight is 228 g/mol. The van der Waals surface area contributed by atoms with Gasteiger partial charge in [0.05, 0.1) is 13.2 Å². The van der Waals surface area contributed by atoms with E-state index in [1.54, 1.807) is 27.0 Å². The van der Waals surface area contributed by atoms with E-state index in [0.717, 1.165) is 0 Å². The van der Waals surface area contributed by atoms with Gasteiger partial charge in [-0.2, -0.15) is 0 Å². The zero-order valence-electron chi connectivity index (χ0n) is 9.74. The minimum Gasteiger partial charge on any atom is -0.466 e. The molecule has 16 heavy (non-hydrogen) atoms. The molecule has 0 radical (unpaired) electrons. The highest BCUT2D eigenvalue weighted by atomic mass is 16.7. The normalized spacial score (nSPS) is 10.4. The summed E-state index contributed by atoms with van der Waals surface area (Å²) < 4.78 is 19.9. The number of carbonyl (C=O) groups excluding carboxylic acids is 1. The fourth-order valence-electron chi connectivity index (χ4n) is 1.21. The van der Waals surface area contributed by atoms with Crippen molar-refractivity contribution in [2.45, 2.75) is 13.8 Å². The Bertz CT molecular complexity index is 342. The van der Waals surface area contributed by atoms with Crippen LogP contribution >= 0.6 is 0 Å². The lowest BCUT2D eigenvalue weighted by atomic mass is 10.2. The molecule has 1 aromatic rings. The van der Waals surface area contributed by atoms with Crippen LogP contribution in [0.3, 0.4) is 0 Å². The number of hydrogen-bond donors (Lipinski definition) is 0. The van der Waals surface area contributed by atoms with Crippen molar-refractivity contribution in [2.75, 3.05) is 27.1 Å². The molecule has 0 aliphatic heterocycles. The number of carbonyl (C=O) groups is 1. The van der Waals surface area contributed by atoms with Crippen molar-refractivity contribution in [3.05, 3.63) is 23.2 Å². The van der Waals surface area contributed by atoms with Gasteiger partial charge in [-0.15, -0.1) is 0 Å². The first-order chi connectivity index (χ1) is 7.65. The van der Waals surface area contributed by atoms with Gasteiger partial charge in [-0.1, -0.05) is 0 Å². The molecule has 0 aliphatic rings. The van der Waals surface area contributed by atoms with Crippen LogP contribution in [0.1, 0.15) is 21.9 Å². The van der Waals surface area contributed by atoms with E-state index in [1.165, 1.54) is 0 Å². The SMILES string of the molecule is COCCOCOC(=O)c1cc(C)oc1C. The van der Waals surface area contributed by atoms with E-state index in [2.05, 4.69) is 0 Å². The van der Waals surface area contributed by atoms with Crippen molar-refractivity contribution >= 4 is 5.97 Å². The van der Waals surface area contributed by atoms with Gasteiger partial charge in [0.2, 0.25) is 0 Å². The van der Waals surface area contributed by atoms with Crippen LogP contribution < -0.4 is 0 Å². The zero-order valence-corrected chi connectivity index (χ0v) is 9.74. The lowest BCUT2D eigenvalue weighted by Crippen LogP contribution is -2.11. The number of aryl methyl sites for hydroxylation is 2. The molecule has 1 heterocycles. The maximum absolute atomic E-state index is 11.5. The lowest BCUT2D eigenvalue weighted by molar-refractivity contribution is -0.0436. The summed E-state index contributed by atoms with van der Waals surface area (Å²) in [7, 11) is 1.58. The van der Waals surface area contributed by atoms with E-state index in [-0.39, 0.29) is 6.79 Å². The molecule has 5 nitrogen and oxygen atoms in total. The number of rotatable bonds is 6. The largest absolute Gasteiger partial charge is 0.466 e. The Morgan fingerprint density at radius 2 is 2.12 bits per heavy atom. The summed E-state index contributed by atoms with van der Waals surface area (Å²) in [6.45, 7) is 4.29. The molecule has 0 saturated heterocycles. The Balaban J connectivity index is 2.33. The summed E-state index contributed by atoms with van der Waals surface area (Å²) in [5.41, 5.74) is 0.438. The Labute approximate surface area is 94.3 Å². The molecule has 0 aliphatic carbocycles. The number of ether oxygens (including phenoxy) is 3. The van der Waals surface area contributed by atoms with Gasteiger partial charge >= 0.3 is 5.97 Å². The maximum atomic E-state index is 11.5. The van der Waals surface area contributed by atoms with Crippen molar-refractivity contribution in [3.63, 3.8) is 0 Å². The summed E-state index contributed by atoms with van der Waals surface area (Å²) >= 11 is 0. The Kier molecular flexibility index (Phi) is 5.01. The highest BCUT2D eigenvalue weighted by Crippen LogP contribution is 2.14. The predicted molar refractivity (Wildman–Crippen MR) is 56.3 cm³/mol. The highest BCUT2D eigenvalue weighted by molar-refractivity contribution is 5.90. The molecule has 0 spiro atoms. The van der Waals surface area contributed by atoms with Crippen molar-refractivity contribution in [3.8, 4) is 0 Å². The van der Waals surface area contributed by atoms with Crippen LogP contribution in [0.2, 0.25) is 0 Å². The number of methoxy groups -OCH3 is 1. The maximum Gasteiger partial charge on any atom is 0.343 e. The van der Waals surface area contributed by atoms with E-state index in [4.69, 9.17) is 18.6 Å². The van der Waals surface area contributed by atoms with Gasteiger partial charge in [-0.05, 0) is 19.9 Å². The van der Waals surface area contributed by atoms with Crippen molar-refractivity contribution in [1.29, 1.82) is 0 Å². The Morgan fingerprint density at radius 1 is 1.38 bits per heavy atom. The van der Waals surface area contributed by atoms with Crippen molar-refractivity contribution < 1.29 is 23.4 Å². The topological polar surface area (TPSA) is 57.9 Å². The molecule has 0 N–H and O–H groups in total. The molecule has 0 fully saturated rings. The molecule has 0 atom stereocenters. The van der Waals surface area contributed by atoms with Gasteiger partial charge in [-0.3, -0.25) is 0 Å². The molecule has 1 rings (SSSR count). The summed E-state index contributed by atoms with van der Waals surface area (Å²) in [4.78, 5) is 11.5. The van der Waals surface area contributed by atoms with Crippen LogP contribution in [0, 0.1) is 13.8 Å². The number of furan rings is 1. The molecule has 0 aromatic carbocycles. The average Bonchev–Trinajstić information content (AvgIpc) is 2.57. The van der Waals surface area contributed by atoms with Crippen LogP contribution in [0.4, 0.5) is 0 Å². The van der Waals surface area contributed by atoms with Gasteiger partial charge < -0.3 is 18.6 Å². The van der Waals surface area contributed by atoms with Crippen LogP contribution in [-0.2, 0) is 14.2 Å².